The van der Waals surface area contributed by atoms with Crippen LogP contribution in [-0.2, 0) is 0 Å². The van der Waals surface area contributed by atoms with Crippen molar-refractivity contribution in [1.82, 2.24) is 0 Å². The molecule has 1 atom stereocenters. The Labute approximate surface area is 114 Å². The van der Waals surface area contributed by atoms with Crippen LogP contribution >= 0.6 is 0 Å². The second-order valence-corrected chi connectivity index (χ2v) is 4.90. The van der Waals surface area contributed by atoms with Gasteiger partial charge in [-0.3, -0.25) is 0 Å². The highest BCUT2D eigenvalue weighted by molar-refractivity contribution is 5.50. The Hall–Kier alpha value is -2.27. The first kappa shape index (κ1) is 13.2. The van der Waals surface area contributed by atoms with Crippen molar-refractivity contribution in [1.29, 1.82) is 5.26 Å². The SMILES string of the molecule is Cc1ccc(C(C)Nc2cccc(C#N)c2)cc1C. The van der Waals surface area contributed by atoms with E-state index >= 15 is 0 Å². The highest BCUT2D eigenvalue weighted by atomic mass is 14.9. The number of nitrogens with zero attached hydrogens (tertiary/aromatic N) is 1. The number of hydrogen-bond acceptors (Lipinski definition) is 2. The summed E-state index contributed by atoms with van der Waals surface area (Å²) in [6.45, 7) is 6.37. The summed E-state index contributed by atoms with van der Waals surface area (Å²) >= 11 is 0. The molecule has 0 spiro atoms. The van der Waals surface area contributed by atoms with E-state index in [-0.39, 0.29) is 6.04 Å². The largest absolute Gasteiger partial charge is 0.378 e. The molecule has 0 aliphatic rings. The fraction of sp³-hybridized carbons (Fsp3) is 0.235. The predicted molar refractivity (Wildman–Crippen MR) is 79.1 cm³/mol. The van der Waals surface area contributed by atoms with Gasteiger partial charge in [0.2, 0.25) is 0 Å². The maximum absolute atomic E-state index is 8.90. The normalized spacial score (nSPS) is 11.7. The van der Waals surface area contributed by atoms with E-state index in [1.807, 2.05) is 24.3 Å². The number of nitrogens with one attached hydrogen (secondary N) is 1. The van der Waals surface area contributed by atoms with Gasteiger partial charge in [-0.2, -0.15) is 5.26 Å². The van der Waals surface area contributed by atoms with E-state index in [1.165, 1.54) is 16.7 Å². The number of aryl methyl sites for hydroxylation is 2. The van der Waals surface area contributed by atoms with E-state index in [4.69, 9.17) is 5.26 Å². The predicted octanol–water partition coefficient (Wildman–Crippen LogP) is 4.35. The van der Waals surface area contributed by atoms with E-state index in [2.05, 4.69) is 50.4 Å². The fourth-order valence-corrected chi connectivity index (χ4v) is 2.05. The fourth-order valence-electron chi connectivity index (χ4n) is 2.05. The summed E-state index contributed by atoms with van der Waals surface area (Å²) in [4.78, 5) is 0. The van der Waals surface area contributed by atoms with Crippen LogP contribution in [0.4, 0.5) is 5.69 Å². The molecular weight excluding hydrogens is 232 g/mol. The van der Waals surface area contributed by atoms with Crippen LogP contribution in [0.3, 0.4) is 0 Å². The average molecular weight is 250 g/mol. The zero-order chi connectivity index (χ0) is 13.8. The van der Waals surface area contributed by atoms with Crippen molar-refractivity contribution in [2.45, 2.75) is 26.8 Å². The van der Waals surface area contributed by atoms with Crippen LogP contribution in [0.15, 0.2) is 42.5 Å². The van der Waals surface area contributed by atoms with Gasteiger partial charge in [0.1, 0.15) is 0 Å². The molecule has 0 aromatic heterocycles. The lowest BCUT2D eigenvalue weighted by atomic mass is 10.0. The number of benzene rings is 2. The minimum atomic E-state index is 0.216. The van der Waals surface area contributed by atoms with Crippen molar-refractivity contribution in [2.75, 3.05) is 5.32 Å². The zero-order valence-electron chi connectivity index (χ0n) is 11.6. The van der Waals surface area contributed by atoms with E-state index in [0.717, 1.165) is 5.69 Å². The Morgan fingerprint density at radius 1 is 1.05 bits per heavy atom. The Balaban J connectivity index is 2.18. The highest BCUT2D eigenvalue weighted by Gasteiger charge is 2.06. The molecule has 0 fully saturated rings. The van der Waals surface area contributed by atoms with Crippen molar-refractivity contribution in [2.24, 2.45) is 0 Å². The molecule has 2 rings (SSSR count). The molecular formula is C17H18N2. The molecule has 0 radical (unpaired) electrons. The summed E-state index contributed by atoms with van der Waals surface area (Å²) in [6, 6.07) is 16.4. The minimum Gasteiger partial charge on any atom is -0.378 e. The first-order chi connectivity index (χ1) is 9.10. The number of hydrogen-bond donors (Lipinski definition) is 1. The molecule has 2 aromatic carbocycles. The van der Waals surface area contributed by atoms with Crippen molar-refractivity contribution in [3.8, 4) is 6.07 Å². The van der Waals surface area contributed by atoms with E-state index in [0.29, 0.717) is 5.56 Å². The molecule has 96 valence electrons. The molecule has 0 heterocycles. The number of anilines is 1. The minimum absolute atomic E-state index is 0.216. The smallest absolute Gasteiger partial charge is 0.0992 e. The molecule has 1 N–H and O–H groups in total. The van der Waals surface area contributed by atoms with Gasteiger partial charge in [0.05, 0.1) is 11.6 Å². The topological polar surface area (TPSA) is 35.8 Å². The standard InChI is InChI=1S/C17H18N2/c1-12-7-8-16(9-13(12)2)14(3)19-17-6-4-5-15(10-17)11-18/h4-10,14,19H,1-3H3. The molecule has 0 aliphatic carbocycles. The van der Waals surface area contributed by atoms with Gasteiger partial charge in [-0.15, -0.1) is 0 Å². The van der Waals surface area contributed by atoms with Crippen LogP contribution in [0.25, 0.3) is 0 Å². The molecule has 0 bridgehead atoms. The van der Waals surface area contributed by atoms with Gasteiger partial charge in [-0.05, 0) is 55.7 Å². The summed E-state index contributed by atoms with van der Waals surface area (Å²) in [6.07, 6.45) is 0. The molecule has 0 amide bonds. The lowest BCUT2D eigenvalue weighted by Gasteiger charge is -2.17. The Morgan fingerprint density at radius 2 is 1.84 bits per heavy atom. The van der Waals surface area contributed by atoms with Gasteiger partial charge in [0, 0.05) is 11.7 Å². The van der Waals surface area contributed by atoms with Crippen LogP contribution < -0.4 is 5.32 Å². The second kappa shape index (κ2) is 5.58. The summed E-state index contributed by atoms with van der Waals surface area (Å²) < 4.78 is 0. The monoisotopic (exact) mass is 250 g/mol. The molecule has 0 saturated carbocycles. The highest BCUT2D eigenvalue weighted by Crippen LogP contribution is 2.21. The lowest BCUT2D eigenvalue weighted by Crippen LogP contribution is -2.07. The molecule has 2 aromatic rings. The lowest BCUT2D eigenvalue weighted by molar-refractivity contribution is 0.881. The first-order valence-electron chi connectivity index (χ1n) is 6.44. The number of rotatable bonds is 3. The molecule has 0 aliphatic heterocycles. The zero-order valence-corrected chi connectivity index (χ0v) is 11.6. The van der Waals surface area contributed by atoms with E-state index in [9.17, 15) is 0 Å². The van der Waals surface area contributed by atoms with Crippen molar-refractivity contribution in [3.05, 3.63) is 64.7 Å². The third-order valence-electron chi connectivity index (χ3n) is 3.41. The second-order valence-electron chi connectivity index (χ2n) is 4.90. The number of nitriles is 1. The molecule has 2 nitrogen and oxygen atoms in total. The molecule has 0 saturated heterocycles. The molecule has 2 heteroatoms. The third-order valence-corrected chi connectivity index (χ3v) is 3.41. The maximum Gasteiger partial charge on any atom is 0.0992 e. The van der Waals surface area contributed by atoms with Crippen LogP contribution in [0, 0.1) is 25.2 Å². The van der Waals surface area contributed by atoms with Crippen LogP contribution in [-0.4, -0.2) is 0 Å². The van der Waals surface area contributed by atoms with Crippen molar-refractivity contribution >= 4 is 5.69 Å². The average Bonchev–Trinajstić information content (AvgIpc) is 2.42. The Bertz CT molecular complexity index is 623. The molecule has 19 heavy (non-hydrogen) atoms. The van der Waals surface area contributed by atoms with Gasteiger partial charge in [-0.1, -0.05) is 24.3 Å². The third kappa shape index (κ3) is 3.14. The van der Waals surface area contributed by atoms with Gasteiger partial charge >= 0.3 is 0 Å². The summed E-state index contributed by atoms with van der Waals surface area (Å²) in [5, 5.41) is 12.3. The van der Waals surface area contributed by atoms with Crippen molar-refractivity contribution < 1.29 is 0 Å². The first-order valence-corrected chi connectivity index (χ1v) is 6.44. The van der Waals surface area contributed by atoms with Gasteiger partial charge in [0.25, 0.3) is 0 Å². The van der Waals surface area contributed by atoms with Gasteiger partial charge in [-0.25, -0.2) is 0 Å². The van der Waals surface area contributed by atoms with Crippen LogP contribution in [0.5, 0.6) is 0 Å². The van der Waals surface area contributed by atoms with Crippen LogP contribution in [0.2, 0.25) is 0 Å². The Kier molecular flexibility index (Phi) is 3.87. The summed E-state index contributed by atoms with van der Waals surface area (Å²) in [7, 11) is 0. The summed E-state index contributed by atoms with van der Waals surface area (Å²) in [5.41, 5.74) is 5.52. The van der Waals surface area contributed by atoms with Gasteiger partial charge in [0.15, 0.2) is 0 Å². The van der Waals surface area contributed by atoms with Gasteiger partial charge < -0.3 is 5.32 Å². The quantitative estimate of drug-likeness (QED) is 0.879. The molecule has 1 unspecified atom stereocenters. The summed E-state index contributed by atoms with van der Waals surface area (Å²) in [5.74, 6) is 0. The van der Waals surface area contributed by atoms with Crippen LogP contribution in [0.1, 0.15) is 35.2 Å². The van der Waals surface area contributed by atoms with Crippen molar-refractivity contribution in [3.63, 3.8) is 0 Å². The Morgan fingerprint density at radius 3 is 2.53 bits per heavy atom. The van der Waals surface area contributed by atoms with E-state index < -0.39 is 0 Å². The maximum atomic E-state index is 8.90. The van der Waals surface area contributed by atoms with E-state index in [1.54, 1.807) is 0 Å².